The van der Waals surface area contributed by atoms with E-state index in [2.05, 4.69) is 4.90 Å². The minimum absolute atomic E-state index is 0.149. The van der Waals surface area contributed by atoms with E-state index in [4.69, 9.17) is 10.8 Å². The van der Waals surface area contributed by atoms with Crippen LogP contribution in [-0.2, 0) is 4.79 Å². The van der Waals surface area contributed by atoms with Crippen molar-refractivity contribution in [3.05, 3.63) is 0 Å². The van der Waals surface area contributed by atoms with Gasteiger partial charge in [0.05, 0.1) is 6.04 Å². The SMILES string of the molecule is CCC(C(N)=O)N1CCCC(CO)C1. The van der Waals surface area contributed by atoms with Crippen LogP contribution in [0.4, 0.5) is 0 Å². The molecule has 1 aliphatic rings. The van der Waals surface area contributed by atoms with Gasteiger partial charge in [0, 0.05) is 13.2 Å². The number of likely N-dealkylation sites (tertiary alicyclic amines) is 1. The third-order valence-electron chi connectivity index (χ3n) is 2.96. The predicted octanol–water partition coefficient (Wildman–Crippen LogP) is -0.0454. The van der Waals surface area contributed by atoms with Crippen molar-refractivity contribution < 1.29 is 9.90 Å². The molecule has 1 saturated heterocycles. The first-order valence-corrected chi connectivity index (χ1v) is 5.33. The van der Waals surface area contributed by atoms with E-state index < -0.39 is 0 Å². The Labute approximate surface area is 85.1 Å². The summed E-state index contributed by atoms with van der Waals surface area (Å²) in [5, 5.41) is 9.06. The highest BCUT2D eigenvalue weighted by molar-refractivity contribution is 5.79. The normalized spacial score (nSPS) is 26.0. The number of primary amides is 1. The number of piperidine rings is 1. The second-order valence-electron chi connectivity index (χ2n) is 4.01. The predicted molar refractivity (Wildman–Crippen MR) is 54.7 cm³/mol. The Kier molecular flexibility index (Phi) is 4.35. The van der Waals surface area contributed by atoms with Crippen LogP contribution in [0.25, 0.3) is 0 Å². The van der Waals surface area contributed by atoms with Crippen molar-refractivity contribution in [1.29, 1.82) is 0 Å². The van der Waals surface area contributed by atoms with E-state index in [9.17, 15) is 4.79 Å². The Balaban J connectivity index is 2.53. The molecular weight excluding hydrogens is 180 g/mol. The van der Waals surface area contributed by atoms with Crippen molar-refractivity contribution in [2.24, 2.45) is 11.7 Å². The van der Waals surface area contributed by atoms with Crippen LogP contribution in [0.1, 0.15) is 26.2 Å². The van der Waals surface area contributed by atoms with Gasteiger partial charge in [0.15, 0.2) is 0 Å². The standard InChI is InChI=1S/C10H20N2O2/c1-2-9(10(11)14)12-5-3-4-8(6-12)7-13/h8-9,13H,2-7H2,1H3,(H2,11,14). The van der Waals surface area contributed by atoms with E-state index in [1.165, 1.54) is 0 Å². The molecule has 1 amide bonds. The molecule has 0 aliphatic carbocycles. The highest BCUT2D eigenvalue weighted by Crippen LogP contribution is 2.18. The number of carbonyl (C=O) groups excluding carboxylic acids is 1. The van der Waals surface area contributed by atoms with Crippen molar-refractivity contribution in [1.82, 2.24) is 4.90 Å². The molecule has 0 saturated carbocycles. The lowest BCUT2D eigenvalue weighted by molar-refractivity contribution is -0.124. The van der Waals surface area contributed by atoms with Crippen LogP contribution in [0.3, 0.4) is 0 Å². The van der Waals surface area contributed by atoms with Crippen molar-refractivity contribution in [2.75, 3.05) is 19.7 Å². The molecule has 4 nitrogen and oxygen atoms in total. The van der Waals surface area contributed by atoms with Gasteiger partial charge in [-0.25, -0.2) is 0 Å². The molecular formula is C10H20N2O2. The molecule has 2 unspecified atom stereocenters. The number of amides is 1. The molecule has 1 fully saturated rings. The highest BCUT2D eigenvalue weighted by Gasteiger charge is 2.27. The summed E-state index contributed by atoms with van der Waals surface area (Å²) in [6.07, 6.45) is 2.87. The Morgan fingerprint density at radius 2 is 2.43 bits per heavy atom. The maximum atomic E-state index is 11.1. The summed E-state index contributed by atoms with van der Waals surface area (Å²) in [5.41, 5.74) is 5.32. The van der Waals surface area contributed by atoms with Crippen LogP contribution in [-0.4, -0.2) is 41.7 Å². The molecule has 0 aromatic rings. The number of aliphatic hydroxyl groups excluding tert-OH is 1. The minimum atomic E-state index is -0.244. The highest BCUT2D eigenvalue weighted by atomic mass is 16.3. The average Bonchev–Trinajstić information content (AvgIpc) is 2.19. The fourth-order valence-corrected chi connectivity index (χ4v) is 2.17. The van der Waals surface area contributed by atoms with E-state index in [-0.39, 0.29) is 18.6 Å². The van der Waals surface area contributed by atoms with Crippen molar-refractivity contribution >= 4 is 5.91 Å². The van der Waals surface area contributed by atoms with Crippen molar-refractivity contribution in [3.8, 4) is 0 Å². The topological polar surface area (TPSA) is 66.6 Å². The van der Waals surface area contributed by atoms with E-state index >= 15 is 0 Å². The van der Waals surface area contributed by atoms with Crippen LogP contribution >= 0.6 is 0 Å². The van der Waals surface area contributed by atoms with E-state index in [1.54, 1.807) is 0 Å². The lowest BCUT2D eigenvalue weighted by Crippen LogP contribution is -2.49. The monoisotopic (exact) mass is 200 g/mol. The van der Waals surface area contributed by atoms with Gasteiger partial charge in [0.25, 0.3) is 0 Å². The van der Waals surface area contributed by atoms with Crippen LogP contribution < -0.4 is 5.73 Å². The third-order valence-corrected chi connectivity index (χ3v) is 2.96. The fraction of sp³-hybridized carbons (Fsp3) is 0.900. The Morgan fingerprint density at radius 3 is 2.93 bits per heavy atom. The van der Waals surface area contributed by atoms with Gasteiger partial charge < -0.3 is 10.8 Å². The molecule has 1 rings (SSSR count). The van der Waals surface area contributed by atoms with E-state index in [1.807, 2.05) is 6.92 Å². The molecule has 0 spiro atoms. The van der Waals surface area contributed by atoms with Gasteiger partial charge in [-0.15, -0.1) is 0 Å². The Morgan fingerprint density at radius 1 is 1.71 bits per heavy atom. The summed E-state index contributed by atoms with van der Waals surface area (Å²) in [4.78, 5) is 13.2. The summed E-state index contributed by atoms with van der Waals surface area (Å²) < 4.78 is 0. The van der Waals surface area contributed by atoms with Gasteiger partial charge in [-0.1, -0.05) is 6.92 Å². The Hall–Kier alpha value is -0.610. The molecule has 1 heterocycles. The zero-order valence-electron chi connectivity index (χ0n) is 8.78. The molecule has 0 radical (unpaired) electrons. The van der Waals surface area contributed by atoms with Gasteiger partial charge in [-0.05, 0) is 31.7 Å². The third kappa shape index (κ3) is 2.69. The average molecular weight is 200 g/mol. The molecule has 4 heteroatoms. The molecule has 0 aromatic heterocycles. The van der Waals surface area contributed by atoms with Crippen LogP contribution in [0.5, 0.6) is 0 Å². The van der Waals surface area contributed by atoms with Crippen LogP contribution in [0.2, 0.25) is 0 Å². The van der Waals surface area contributed by atoms with Gasteiger partial charge in [-0.2, -0.15) is 0 Å². The quantitative estimate of drug-likeness (QED) is 0.669. The van der Waals surface area contributed by atoms with Crippen LogP contribution in [0.15, 0.2) is 0 Å². The second kappa shape index (κ2) is 5.32. The van der Waals surface area contributed by atoms with E-state index in [0.29, 0.717) is 5.92 Å². The first-order valence-electron chi connectivity index (χ1n) is 5.33. The minimum Gasteiger partial charge on any atom is -0.396 e. The number of nitrogens with two attached hydrogens (primary N) is 1. The lowest BCUT2D eigenvalue weighted by Gasteiger charge is -2.35. The second-order valence-corrected chi connectivity index (χ2v) is 4.01. The molecule has 2 atom stereocenters. The van der Waals surface area contributed by atoms with Crippen LogP contribution in [0, 0.1) is 5.92 Å². The molecule has 14 heavy (non-hydrogen) atoms. The number of hydrogen-bond donors (Lipinski definition) is 2. The smallest absolute Gasteiger partial charge is 0.234 e. The van der Waals surface area contributed by atoms with Crippen molar-refractivity contribution in [2.45, 2.75) is 32.2 Å². The zero-order valence-corrected chi connectivity index (χ0v) is 8.78. The maximum absolute atomic E-state index is 11.1. The maximum Gasteiger partial charge on any atom is 0.234 e. The van der Waals surface area contributed by atoms with E-state index in [0.717, 1.165) is 32.4 Å². The lowest BCUT2D eigenvalue weighted by atomic mass is 9.97. The first-order chi connectivity index (χ1) is 6.69. The molecule has 0 aromatic carbocycles. The van der Waals surface area contributed by atoms with Gasteiger partial charge >= 0.3 is 0 Å². The summed E-state index contributed by atoms with van der Waals surface area (Å²) in [6, 6.07) is -0.149. The number of nitrogens with zero attached hydrogens (tertiary/aromatic N) is 1. The molecule has 82 valence electrons. The first kappa shape index (κ1) is 11.5. The summed E-state index contributed by atoms with van der Waals surface area (Å²) in [5.74, 6) is 0.0724. The zero-order chi connectivity index (χ0) is 10.6. The summed E-state index contributed by atoms with van der Waals surface area (Å²) in [6.45, 7) is 3.92. The largest absolute Gasteiger partial charge is 0.396 e. The van der Waals surface area contributed by atoms with Gasteiger partial charge in [0.2, 0.25) is 5.91 Å². The van der Waals surface area contributed by atoms with Crippen molar-refractivity contribution in [3.63, 3.8) is 0 Å². The fourth-order valence-electron chi connectivity index (χ4n) is 2.17. The Bertz CT molecular complexity index is 197. The van der Waals surface area contributed by atoms with Gasteiger partial charge in [0.1, 0.15) is 0 Å². The number of hydrogen-bond acceptors (Lipinski definition) is 3. The number of aliphatic hydroxyl groups is 1. The summed E-state index contributed by atoms with van der Waals surface area (Å²) in [7, 11) is 0. The molecule has 1 aliphatic heterocycles. The molecule has 0 bridgehead atoms. The number of rotatable bonds is 4. The summed E-state index contributed by atoms with van der Waals surface area (Å²) >= 11 is 0. The number of carbonyl (C=O) groups is 1. The molecule has 3 N–H and O–H groups in total. The van der Waals surface area contributed by atoms with Gasteiger partial charge in [-0.3, -0.25) is 9.69 Å².